The number of nitrogens with zero attached hydrogens (tertiary/aromatic N) is 1. The molecule has 0 aromatic rings. The van der Waals surface area contributed by atoms with Gasteiger partial charge in [-0.1, -0.05) is 47.0 Å². The van der Waals surface area contributed by atoms with E-state index in [1.54, 1.807) is 0 Å². The second-order valence-electron chi connectivity index (χ2n) is 7.31. The Morgan fingerprint density at radius 3 is 2.11 bits per heavy atom. The summed E-state index contributed by atoms with van der Waals surface area (Å²) in [5, 5.41) is 0. The Labute approximate surface area is 122 Å². The van der Waals surface area contributed by atoms with Crippen molar-refractivity contribution in [2.24, 2.45) is 11.8 Å². The Kier molecular flexibility index (Phi) is 8.06. The second-order valence-corrected chi connectivity index (χ2v) is 7.31. The second kappa shape index (κ2) is 9.00. The van der Waals surface area contributed by atoms with Gasteiger partial charge in [0.05, 0.1) is 26.2 Å². The van der Waals surface area contributed by atoms with E-state index in [0.717, 1.165) is 11.8 Å². The average molecular weight is 269 g/mol. The molecule has 114 valence electrons. The number of likely N-dealkylation sites (tertiary alicyclic amines) is 1. The predicted molar refractivity (Wildman–Crippen MR) is 86.3 cm³/mol. The summed E-state index contributed by atoms with van der Waals surface area (Å²) in [7, 11) is 0. The van der Waals surface area contributed by atoms with Gasteiger partial charge in [0.25, 0.3) is 0 Å². The average Bonchev–Trinajstić information content (AvgIpc) is 2.39. The first kappa shape index (κ1) is 17.0. The van der Waals surface area contributed by atoms with Gasteiger partial charge in [-0.3, -0.25) is 0 Å². The van der Waals surface area contributed by atoms with Gasteiger partial charge in [-0.05, 0) is 38.0 Å². The lowest BCUT2D eigenvalue weighted by Gasteiger charge is -2.43. The van der Waals surface area contributed by atoms with Crippen molar-refractivity contribution >= 4 is 0 Å². The van der Waals surface area contributed by atoms with Crippen LogP contribution in [0.4, 0.5) is 0 Å². The van der Waals surface area contributed by atoms with Crippen molar-refractivity contribution in [2.45, 2.75) is 79.1 Å². The molecule has 0 aromatic heterocycles. The monoisotopic (exact) mass is 268 g/mol. The van der Waals surface area contributed by atoms with Crippen LogP contribution in [0.2, 0.25) is 0 Å². The van der Waals surface area contributed by atoms with E-state index < -0.39 is 0 Å². The first-order chi connectivity index (χ1) is 9.12. The zero-order valence-electron chi connectivity index (χ0n) is 14.1. The van der Waals surface area contributed by atoms with Gasteiger partial charge in [0.15, 0.2) is 0 Å². The fraction of sp³-hybridized carbons (Fsp3) is 1.00. The van der Waals surface area contributed by atoms with E-state index in [-0.39, 0.29) is 0 Å². The molecule has 1 aliphatic rings. The highest BCUT2D eigenvalue weighted by Crippen LogP contribution is 2.24. The largest absolute Gasteiger partial charge is 0.323 e. The molecule has 19 heavy (non-hydrogen) atoms. The topological polar surface area (TPSA) is 0 Å². The van der Waals surface area contributed by atoms with E-state index in [4.69, 9.17) is 0 Å². The Morgan fingerprint density at radius 2 is 1.53 bits per heavy atom. The molecular formula is C18H38N+. The van der Waals surface area contributed by atoms with Gasteiger partial charge >= 0.3 is 0 Å². The summed E-state index contributed by atoms with van der Waals surface area (Å²) in [5.41, 5.74) is 0. The third-order valence-corrected chi connectivity index (χ3v) is 5.25. The molecular weight excluding hydrogens is 230 g/mol. The Balaban J connectivity index is 2.32. The number of piperidine rings is 1. The molecule has 1 fully saturated rings. The van der Waals surface area contributed by atoms with Crippen molar-refractivity contribution in [3.05, 3.63) is 0 Å². The van der Waals surface area contributed by atoms with E-state index in [2.05, 4.69) is 27.7 Å². The molecule has 0 bridgehead atoms. The number of quaternary nitrogens is 1. The van der Waals surface area contributed by atoms with Gasteiger partial charge in [0, 0.05) is 5.92 Å². The molecule has 2 unspecified atom stereocenters. The van der Waals surface area contributed by atoms with E-state index in [0.29, 0.717) is 0 Å². The summed E-state index contributed by atoms with van der Waals surface area (Å²) < 4.78 is 1.45. The molecule has 2 atom stereocenters. The molecule has 0 amide bonds. The first-order valence-electron chi connectivity index (χ1n) is 8.97. The number of hydrogen-bond donors (Lipinski definition) is 0. The van der Waals surface area contributed by atoms with Crippen LogP contribution in [0.15, 0.2) is 0 Å². The van der Waals surface area contributed by atoms with Crippen LogP contribution >= 0.6 is 0 Å². The lowest BCUT2D eigenvalue weighted by atomic mass is 9.95. The zero-order valence-corrected chi connectivity index (χ0v) is 14.1. The van der Waals surface area contributed by atoms with Crippen molar-refractivity contribution in [2.75, 3.05) is 26.2 Å². The third kappa shape index (κ3) is 6.29. The highest BCUT2D eigenvalue weighted by molar-refractivity contribution is 4.60. The van der Waals surface area contributed by atoms with E-state index in [9.17, 15) is 0 Å². The quantitative estimate of drug-likeness (QED) is 0.501. The number of rotatable bonds is 9. The first-order valence-corrected chi connectivity index (χ1v) is 8.97. The molecule has 1 aliphatic heterocycles. The lowest BCUT2D eigenvalue weighted by molar-refractivity contribution is -0.935. The Hall–Kier alpha value is -0.0400. The van der Waals surface area contributed by atoms with Gasteiger partial charge in [-0.15, -0.1) is 0 Å². The molecule has 0 aromatic carbocycles. The summed E-state index contributed by atoms with van der Waals surface area (Å²) >= 11 is 0. The summed E-state index contributed by atoms with van der Waals surface area (Å²) in [4.78, 5) is 0. The lowest BCUT2D eigenvalue weighted by Crippen LogP contribution is -2.54. The van der Waals surface area contributed by atoms with Gasteiger partial charge in [0.2, 0.25) is 0 Å². The van der Waals surface area contributed by atoms with Crippen LogP contribution in [0.3, 0.4) is 0 Å². The highest BCUT2D eigenvalue weighted by Gasteiger charge is 2.30. The molecule has 0 spiro atoms. The van der Waals surface area contributed by atoms with Crippen LogP contribution in [-0.4, -0.2) is 30.7 Å². The summed E-state index contributed by atoms with van der Waals surface area (Å²) in [6.07, 6.45) is 11.5. The minimum atomic E-state index is 0.925. The smallest absolute Gasteiger partial charge is 0.0812 e. The Morgan fingerprint density at radius 1 is 0.895 bits per heavy atom. The molecule has 0 N–H and O–H groups in total. The van der Waals surface area contributed by atoms with Crippen LogP contribution in [0.1, 0.15) is 79.1 Å². The predicted octanol–water partition coefficient (Wildman–Crippen LogP) is 5.25. The zero-order chi connectivity index (χ0) is 14.1. The standard InChI is InChI=1S/C18H38N/c1-5-13-19(14-8-7-9-15-19)16-18(4)12-10-11-17(3)6-2/h17-18H,5-16H2,1-4H3/q+1. The molecule has 0 saturated carbocycles. The normalized spacial score (nSPS) is 22.1. The maximum Gasteiger partial charge on any atom is 0.0812 e. The minimum Gasteiger partial charge on any atom is -0.323 e. The van der Waals surface area contributed by atoms with Crippen molar-refractivity contribution in [1.29, 1.82) is 0 Å². The molecule has 1 nitrogen and oxygen atoms in total. The maximum absolute atomic E-state index is 2.50. The number of hydrogen-bond acceptors (Lipinski definition) is 0. The highest BCUT2D eigenvalue weighted by atomic mass is 15.4. The molecule has 1 rings (SSSR count). The van der Waals surface area contributed by atoms with Gasteiger partial charge in [-0.25, -0.2) is 0 Å². The van der Waals surface area contributed by atoms with E-state index in [1.807, 2.05) is 0 Å². The van der Waals surface area contributed by atoms with E-state index >= 15 is 0 Å². The van der Waals surface area contributed by atoms with Crippen molar-refractivity contribution in [3.8, 4) is 0 Å². The van der Waals surface area contributed by atoms with E-state index in [1.165, 1.54) is 82.0 Å². The van der Waals surface area contributed by atoms with Crippen molar-refractivity contribution in [3.63, 3.8) is 0 Å². The fourth-order valence-corrected chi connectivity index (χ4v) is 3.93. The summed E-state index contributed by atoms with van der Waals surface area (Å²) in [6.45, 7) is 15.4. The molecule has 0 radical (unpaired) electrons. The van der Waals surface area contributed by atoms with Gasteiger partial charge in [-0.2, -0.15) is 0 Å². The van der Waals surface area contributed by atoms with Crippen molar-refractivity contribution in [1.82, 2.24) is 0 Å². The SMILES string of the molecule is CCC[N+]1(CC(C)CCCC(C)CC)CCCCC1. The van der Waals surface area contributed by atoms with Crippen LogP contribution in [-0.2, 0) is 0 Å². The Bertz CT molecular complexity index is 212. The molecule has 1 saturated heterocycles. The summed E-state index contributed by atoms with van der Waals surface area (Å²) in [5.74, 6) is 1.86. The van der Waals surface area contributed by atoms with Crippen molar-refractivity contribution < 1.29 is 4.48 Å². The van der Waals surface area contributed by atoms with Crippen LogP contribution in [0.5, 0.6) is 0 Å². The van der Waals surface area contributed by atoms with Crippen LogP contribution in [0.25, 0.3) is 0 Å². The molecule has 0 aliphatic carbocycles. The van der Waals surface area contributed by atoms with Gasteiger partial charge < -0.3 is 4.48 Å². The molecule has 1 heteroatoms. The summed E-state index contributed by atoms with van der Waals surface area (Å²) in [6, 6.07) is 0. The van der Waals surface area contributed by atoms with Gasteiger partial charge in [0.1, 0.15) is 0 Å². The third-order valence-electron chi connectivity index (χ3n) is 5.25. The minimum absolute atomic E-state index is 0.925. The van der Waals surface area contributed by atoms with Crippen LogP contribution in [0, 0.1) is 11.8 Å². The van der Waals surface area contributed by atoms with Crippen LogP contribution < -0.4 is 0 Å². The fourth-order valence-electron chi connectivity index (χ4n) is 3.93. The maximum atomic E-state index is 2.50. The molecule has 1 heterocycles.